The Morgan fingerprint density at radius 3 is 3.18 bits per heavy atom. The van der Waals surface area contributed by atoms with Gasteiger partial charge in [0.05, 0.1) is 12.1 Å². The number of hydroxylamine groups is 2. The molecule has 0 aromatic rings. The van der Waals surface area contributed by atoms with Crippen LogP contribution in [0, 0.1) is 5.92 Å². The van der Waals surface area contributed by atoms with Crippen LogP contribution in [0.4, 0.5) is 0 Å². The third-order valence-electron chi connectivity index (χ3n) is 5.89. The smallest absolute Gasteiger partial charge is 0.115 e. The molecule has 92 valence electrons. The van der Waals surface area contributed by atoms with Crippen molar-refractivity contribution < 1.29 is 14.7 Å². The Hall–Kier alpha value is -0.420. The van der Waals surface area contributed by atoms with Crippen molar-refractivity contribution in [2.24, 2.45) is 5.92 Å². The van der Waals surface area contributed by atoms with Crippen molar-refractivity contribution >= 4 is 0 Å². The van der Waals surface area contributed by atoms with Gasteiger partial charge in [-0.05, 0) is 19.3 Å². The Balaban J connectivity index is 1.78. The van der Waals surface area contributed by atoms with E-state index in [1.54, 1.807) is 0 Å². The monoisotopic (exact) mass is 235 g/mol. The van der Waals surface area contributed by atoms with Crippen LogP contribution in [-0.4, -0.2) is 45.7 Å². The highest BCUT2D eigenvalue weighted by atomic mass is 16.7. The summed E-state index contributed by atoms with van der Waals surface area (Å²) >= 11 is 0. The lowest BCUT2D eigenvalue weighted by molar-refractivity contribution is -0.256. The number of hydrogen-bond donors (Lipinski definition) is 1. The minimum Gasteiger partial charge on any atom is -0.385 e. The zero-order valence-electron chi connectivity index (χ0n) is 9.71. The van der Waals surface area contributed by atoms with Crippen LogP contribution < -0.4 is 0 Å². The number of rotatable bonds is 2. The van der Waals surface area contributed by atoms with Crippen molar-refractivity contribution in [2.45, 2.75) is 61.2 Å². The molecular formula is C13H17NO3. The van der Waals surface area contributed by atoms with Gasteiger partial charge in [-0.3, -0.25) is 4.84 Å². The minimum atomic E-state index is -0.712. The Kier molecular flexibility index (Phi) is 1.38. The van der Waals surface area contributed by atoms with Crippen LogP contribution in [0.5, 0.6) is 0 Å². The van der Waals surface area contributed by atoms with Crippen molar-refractivity contribution in [2.75, 3.05) is 0 Å². The van der Waals surface area contributed by atoms with E-state index in [0.29, 0.717) is 12.0 Å². The molecule has 0 aromatic carbocycles. The lowest BCUT2D eigenvalue weighted by atomic mass is 9.60. The normalized spacial score (nSPS) is 69.2. The van der Waals surface area contributed by atoms with Crippen LogP contribution in [-0.2, 0) is 9.57 Å². The van der Waals surface area contributed by atoms with Crippen molar-refractivity contribution in [1.29, 1.82) is 0 Å². The Morgan fingerprint density at radius 1 is 1.47 bits per heavy atom. The molecule has 5 aliphatic rings. The van der Waals surface area contributed by atoms with Crippen molar-refractivity contribution in [3.63, 3.8) is 0 Å². The summed E-state index contributed by atoms with van der Waals surface area (Å²) in [6.07, 6.45) is 5.87. The minimum absolute atomic E-state index is 0.0977. The maximum Gasteiger partial charge on any atom is 0.115 e. The standard InChI is InChI=1S/C13H17NO3/c1-2-5-13-10-7-3-4-9-12(13,15)6-8(16-13)11(10)17-14(7)9/h2,7-11,15H,1,3-6H2/t7?,8?,9?,10?,11?,12-,13?/m1/s1. The fourth-order valence-electron chi connectivity index (χ4n) is 5.49. The molecular weight excluding hydrogens is 218 g/mol. The van der Waals surface area contributed by atoms with Gasteiger partial charge in [-0.1, -0.05) is 6.08 Å². The molecule has 0 amide bonds. The number of fused-ring (bicyclic) bond motifs is 3. The van der Waals surface area contributed by atoms with E-state index in [1.807, 2.05) is 6.08 Å². The van der Waals surface area contributed by atoms with Gasteiger partial charge in [-0.25, -0.2) is 0 Å². The summed E-state index contributed by atoms with van der Waals surface area (Å²) in [6.45, 7) is 3.86. The van der Waals surface area contributed by atoms with Gasteiger partial charge in [0.1, 0.15) is 17.3 Å². The first-order valence-electron chi connectivity index (χ1n) is 6.67. The Labute approximate surface area is 100 Å². The third kappa shape index (κ3) is 0.711. The van der Waals surface area contributed by atoms with Crippen LogP contribution in [0.15, 0.2) is 12.7 Å². The lowest BCUT2D eigenvalue weighted by Gasteiger charge is -2.51. The molecule has 0 aliphatic carbocycles. The first-order chi connectivity index (χ1) is 8.21. The third-order valence-corrected chi connectivity index (χ3v) is 5.89. The molecule has 5 heterocycles. The Morgan fingerprint density at radius 2 is 2.35 bits per heavy atom. The van der Waals surface area contributed by atoms with E-state index >= 15 is 0 Å². The first-order valence-corrected chi connectivity index (χ1v) is 6.67. The summed E-state index contributed by atoms with van der Waals surface area (Å²) in [7, 11) is 0. The van der Waals surface area contributed by atoms with E-state index in [1.165, 1.54) is 0 Å². The molecule has 8 atom stereocenters. The lowest BCUT2D eigenvalue weighted by Crippen LogP contribution is -2.69. The van der Waals surface area contributed by atoms with Gasteiger partial charge < -0.3 is 9.84 Å². The number of nitrogens with zero attached hydrogens (tertiary/aromatic N) is 1. The van der Waals surface area contributed by atoms with Crippen molar-refractivity contribution in [3.8, 4) is 0 Å². The molecule has 5 rings (SSSR count). The van der Waals surface area contributed by atoms with E-state index < -0.39 is 11.2 Å². The summed E-state index contributed by atoms with van der Waals surface area (Å²) in [4.78, 5) is 6.07. The second kappa shape index (κ2) is 2.48. The van der Waals surface area contributed by atoms with Gasteiger partial charge in [-0.2, -0.15) is 5.06 Å². The molecule has 5 aliphatic heterocycles. The number of piperidine rings is 1. The zero-order chi connectivity index (χ0) is 11.4. The van der Waals surface area contributed by atoms with E-state index in [0.717, 1.165) is 25.7 Å². The molecule has 5 fully saturated rings. The van der Waals surface area contributed by atoms with Gasteiger partial charge in [-0.15, -0.1) is 6.58 Å². The zero-order valence-corrected chi connectivity index (χ0v) is 9.71. The highest BCUT2D eigenvalue weighted by Crippen LogP contribution is 2.69. The van der Waals surface area contributed by atoms with Crippen LogP contribution in [0.1, 0.15) is 25.7 Å². The second-order valence-electron chi connectivity index (χ2n) is 6.28. The molecule has 4 heteroatoms. The predicted molar refractivity (Wildman–Crippen MR) is 59.0 cm³/mol. The highest BCUT2D eigenvalue weighted by Gasteiger charge is 2.83. The SMILES string of the molecule is C=CCC12OC3C[C@@]1(O)C1CCC4C2C3ON41. The highest BCUT2D eigenvalue weighted by molar-refractivity contribution is 5.32. The second-order valence-corrected chi connectivity index (χ2v) is 6.28. The average molecular weight is 235 g/mol. The van der Waals surface area contributed by atoms with Crippen molar-refractivity contribution in [1.82, 2.24) is 5.06 Å². The van der Waals surface area contributed by atoms with Crippen LogP contribution in [0.2, 0.25) is 0 Å². The predicted octanol–water partition coefficient (Wildman–Crippen LogP) is 0.611. The molecule has 0 spiro atoms. The van der Waals surface area contributed by atoms with Gasteiger partial charge in [0.15, 0.2) is 0 Å². The quantitative estimate of drug-likeness (QED) is 0.712. The largest absolute Gasteiger partial charge is 0.385 e. The maximum atomic E-state index is 11.2. The first kappa shape index (κ1) is 9.50. The fraction of sp³-hybridized carbons (Fsp3) is 0.846. The molecule has 5 saturated heterocycles. The summed E-state index contributed by atoms with van der Waals surface area (Å²) < 4.78 is 6.23. The van der Waals surface area contributed by atoms with E-state index in [-0.39, 0.29) is 18.2 Å². The molecule has 1 N–H and O–H groups in total. The number of ether oxygens (including phenoxy) is 1. The summed E-state index contributed by atoms with van der Waals surface area (Å²) in [5.74, 6) is 0.350. The number of aliphatic hydroxyl groups is 1. The molecule has 4 nitrogen and oxygen atoms in total. The van der Waals surface area contributed by atoms with E-state index in [2.05, 4.69) is 11.6 Å². The molecule has 0 aromatic heterocycles. The number of hydrogen-bond acceptors (Lipinski definition) is 4. The van der Waals surface area contributed by atoms with Gasteiger partial charge in [0.2, 0.25) is 0 Å². The van der Waals surface area contributed by atoms with Gasteiger partial charge in [0, 0.05) is 18.4 Å². The fourth-order valence-corrected chi connectivity index (χ4v) is 5.49. The van der Waals surface area contributed by atoms with Crippen LogP contribution in [0.3, 0.4) is 0 Å². The molecule has 7 unspecified atom stereocenters. The summed E-state index contributed by atoms with van der Waals surface area (Å²) in [6, 6.07) is 0.608. The maximum absolute atomic E-state index is 11.2. The van der Waals surface area contributed by atoms with Crippen molar-refractivity contribution in [3.05, 3.63) is 12.7 Å². The average Bonchev–Trinajstić information content (AvgIpc) is 2.91. The molecule has 0 saturated carbocycles. The van der Waals surface area contributed by atoms with E-state index in [9.17, 15) is 5.11 Å². The topological polar surface area (TPSA) is 41.9 Å². The Bertz CT molecular complexity index is 425. The molecule has 6 bridgehead atoms. The summed E-state index contributed by atoms with van der Waals surface area (Å²) in [5, 5.41) is 13.3. The molecule has 17 heavy (non-hydrogen) atoms. The molecule has 0 radical (unpaired) electrons. The van der Waals surface area contributed by atoms with Crippen LogP contribution >= 0.6 is 0 Å². The van der Waals surface area contributed by atoms with Gasteiger partial charge >= 0.3 is 0 Å². The van der Waals surface area contributed by atoms with Gasteiger partial charge in [0.25, 0.3) is 0 Å². The van der Waals surface area contributed by atoms with E-state index in [4.69, 9.17) is 9.57 Å². The summed E-state index contributed by atoms with van der Waals surface area (Å²) in [5.41, 5.74) is -1.11. The van der Waals surface area contributed by atoms with Crippen LogP contribution in [0.25, 0.3) is 0 Å².